The predicted molar refractivity (Wildman–Crippen MR) is 152 cm³/mol. The Morgan fingerprint density at radius 2 is 1.87 bits per heavy atom. The van der Waals surface area contributed by atoms with Crippen molar-refractivity contribution in [2.45, 2.75) is 20.8 Å². The number of halogens is 2. The summed E-state index contributed by atoms with van der Waals surface area (Å²) in [4.78, 5) is 18.2. The minimum absolute atomic E-state index is 0.0584. The molecule has 2 aromatic heterocycles. The minimum atomic E-state index is -0.344. The van der Waals surface area contributed by atoms with Crippen molar-refractivity contribution < 1.29 is 13.9 Å². The summed E-state index contributed by atoms with van der Waals surface area (Å²) < 4.78 is 18.7. The molecule has 0 bridgehead atoms. The fraction of sp³-hybridized carbons (Fsp3) is 0.207. The molecular weight excluding hydrogens is 525 g/mol. The van der Waals surface area contributed by atoms with Crippen LogP contribution in [-0.4, -0.2) is 29.6 Å². The summed E-state index contributed by atoms with van der Waals surface area (Å²) in [5, 5.41) is 6.65. The summed E-state index contributed by atoms with van der Waals surface area (Å²) in [6.07, 6.45) is 1.52. The van der Waals surface area contributed by atoms with Crippen LogP contribution < -0.4 is 15.0 Å². The summed E-state index contributed by atoms with van der Waals surface area (Å²) in [5.41, 5.74) is 1.35. The molecule has 9 heteroatoms. The average Bonchev–Trinajstić information content (AvgIpc) is 3.29. The van der Waals surface area contributed by atoms with Crippen LogP contribution in [0.1, 0.15) is 26.3 Å². The zero-order chi connectivity index (χ0) is 27.0. The minimum Gasteiger partial charge on any atom is -0.493 e. The highest BCUT2D eigenvalue weighted by atomic mass is 35.5. The first kappa shape index (κ1) is 25.8. The van der Waals surface area contributed by atoms with Gasteiger partial charge in [0, 0.05) is 10.4 Å². The van der Waals surface area contributed by atoms with Gasteiger partial charge in [-0.15, -0.1) is 0 Å². The van der Waals surface area contributed by atoms with Gasteiger partial charge in [0.25, 0.3) is 5.56 Å². The summed E-state index contributed by atoms with van der Waals surface area (Å²) in [7, 11) is 1.54. The van der Waals surface area contributed by atoms with Crippen molar-refractivity contribution in [3.63, 3.8) is 0 Å². The van der Waals surface area contributed by atoms with Crippen molar-refractivity contribution in [2.75, 3.05) is 13.7 Å². The Balaban J connectivity index is 1.61. The van der Waals surface area contributed by atoms with Crippen LogP contribution in [0.15, 0.2) is 75.0 Å². The van der Waals surface area contributed by atoms with E-state index in [1.165, 1.54) is 10.9 Å². The maximum absolute atomic E-state index is 13.5. The number of benzene rings is 3. The number of fused-ring (bicyclic) bond motifs is 2. The SMILES string of the molecule is COc1cc(C=Nn2c(-c3cc4cc(Cl)ccc4o3)nc3ccccc3c2=O)cc(Cl)c1OCC(C)(C)C. The maximum atomic E-state index is 13.5. The van der Waals surface area contributed by atoms with E-state index in [2.05, 4.69) is 25.9 Å². The molecule has 38 heavy (non-hydrogen) atoms. The van der Waals surface area contributed by atoms with Crippen LogP contribution in [0.3, 0.4) is 0 Å². The smallest absolute Gasteiger partial charge is 0.282 e. The van der Waals surface area contributed by atoms with E-state index in [0.29, 0.717) is 56.0 Å². The summed E-state index contributed by atoms with van der Waals surface area (Å²) in [5.74, 6) is 1.54. The molecule has 0 unspecified atom stereocenters. The number of furan rings is 1. The van der Waals surface area contributed by atoms with E-state index in [9.17, 15) is 4.79 Å². The second kappa shape index (κ2) is 10.2. The molecular formula is C29H25Cl2N3O4. The lowest BCUT2D eigenvalue weighted by Gasteiger charge is -2.21. The van der Waals surface area contributed by atoms with Gasteiger partial charge in [-0.3, -0.25) is 4.79 Å². The topological polar surface area (TPSA) is 78.9 Å². The molecule has 0 aliphatic heterocycles. The molecule has 0 saturated heterocycles. The van der Waals surface area contributed by atoms with E-state index in [1.54, 1.807) is 61.7 Å². The molecule has 0 aliphatic carbocycles. The highest BCUT2D eigenvalue weighted by molar-refractivity contribution is 6.32. The van der Waals surface area contributed by atoms with Crippen molar-refractivity contribution in [1.29, 1.82) is 0 Å². The molecule has 0 fully saturated rings. The molecule has 0 spiro atoms. The number of rotatable bonds is 6. The van der Waals surface area contributed by atoms with E-state index in [-0.39, 0.29) is 16.8 Å². The fourth-order valence-corrected chi connectivity index (χ4v) is 4.34. The van der Waals surface area contributed by atoms with Crippen molar-refractivity contribution in [3.05, 3.63) is 86.6 Å². The molecule has 5 rings (SSSR count). The van der Waals surface area contributed by atoms with Gasteiger partial charge < -0.3 is 13.9 Å². The van der Waals surface area contributed by atoms with Gasteiger partial charge in [-0.2, -0.15) is 9.78 Å². The zero-order valence-electron chi connectivity index (χ0n) is 21.3. The lowest BCUT2D eigenvalue weighted by molar-refractivity contribution is 0.191. The Hall–Kier alpha value is -3.81. The van der Waals surface area contributed by atoms with Gasteiger partial charge in [-0.05, 0) is 59.5 Å². The molecule has 0 amide bonds. The van der Waals surface area contributed by atoms with Crippen LogP contribution in [0.25, 0.3) is 33.5 Å². The number of methoxy groups -OCH3 is 1. The summed E-state index contributed by atoms with van der Waals surface area (Å²) in [6, 6.07) is 17.6. The Kier molecular flexibility index (Phi) is 6.90. The van der Waals surface area contributed by atoms with Crippen LogP contribution >= 0.6 is 23.2 Å². The molecule has 0 atom stereocenters. The zero-order valence-corrected chi connectivity index (χ0v) is 22.8. The first-order valence-corrected chi connectivity index (χ1v) is 12.6. The van der Waals surface area contributed by atoms with E-state index in [4.69, 9.17) is 42.1 Å². The molecule has 194 valence electrons. The molecule has 0 N–H and O–H groups in total. The Labute approximate surface area is 229 Å². The normalized spacial score (nSPS) is 12.1. The van der Waals surface area contributed by atoms with Gasteiger partial charge >= 0.3 is 0 Å². The third kappa shape index (κ3) is 5.26. The first-order chi connectivity index (χ1) is 18.1. The number of para-hydroxylation sites is 1. The standard InChI is InChI=1S/C29H25Cl2N3O4/c1-29(2,3)16-37-26-21(31)11-17(12-24(26)36-4)15-32-34-27(33-22-8-6-5-7-20(22)28(34)35)25-14-18-13-19(30)9-10-23(18)38-25/h5-15H,16H2,1-4H3. The number of nitrogens with zero attached hydrogens (tertiary/aromatic N) is 3. The van der Waals surface area contributed by atoms with Crippen molar-refractivity contribution >= 4 is 51.3 Å². The molecule has 0 saturated carbocycles. The van der Waals surface area contributed by atoms with Crippen LogP contribution in [0.5, 0.6) is 11.5 Å². The second-order valence-corrected chi connectivity index (χ2v) is 10.8. The predicted octanol–water partition coefficient (Wildman–Crippen LogP) is 7.43. The molecule has 2 heterocycles. The van der Waals surface area contributed by atoms with Crippen LogP contribution in [0, 0.1) is 5.41 Å². The number of hydrogen-bond donors (Lipinski definition) is 0. The maximum Gasteiger partial charge on any atom is 0.282 e. The highest BCUT2D eigenvalue weighted by Crippen LogP contribution is 2.37. The van der Waals surface area contributed by atoms with E-state index in [0.717, 1.165) is 5.39 Å². The van der Waals surface area contributed by atoms with E-state index < -0.39 is 0 Å². The average molecular weight is 550 g/mol. The molecule has 3 aromatic carbocycles. The molecule has 0 radical (unpaired) electrons. The van der Waals surface area contributed by atoms with Gasteiger partial charge in [0.1, 0.15) is 5.58 Å². The van der Waals surface area contributed by atoms with E-state index >= 15 is 0 Å². The largest absolute Gasteiger partial charge is 0.493 e. The Morgan fingerprint density at radius 3 is 2.63 bits per heavy atom. The third-order valence-corrected chi connectivity index (χ3v) is 6.19. The monoisotopic (exact) mass is 549 g/mol. The molecule has 5 aromatic rings. The van der Waals surface area contributed by atoms with Gasteiger partial charge in [-0.1, -0.05) is 56.1 Å². The van der Waals surface area contributed by atoms with Crippen molar-refractivity contribution in [3.8, 4) is 23.1 Å². The third-order valence-electron chi connectivity index (χ3n) is 5.68. The lowest BCUT2D eigenvalue weighted by atomic mass is 9.99. The quantitative estimate of drug-likeness (QED) is 0.206. The number of aromatic nitrogens is 2. The highest BCUT2D eigenvalue weighted by Gasteiger charge is 2.18. The fourth-order valence-electron chi connectivity index (χ4n) is 3.88. The Bertz CT molecular complexity index is 1750. The first-order valence-electron chi connectivity index (χ1n) is 11.9. The van der Waals surface area contributed by atoms with E-state index in [1.807, 2.05) is 6.07 Å². The van der Waals surface area contributed by atoms with Crippen LogP contribution in [-0.2, 0) is 0 Å². The van der Waals surface area contributed by atoms with Gasteiger partial charge in [0.05, 0.1) is 35.9 Å². The summed E-state index contributed by atoms with van der Waals surface area (Å²) >= 11 is 12.7. The second-order valence-electron chi connectivity index (χ2n) is 9.99. The van der Waals surface area contributed by atoms with Crippen molar-refractivity contribution in [2.24, 2.45) is 10.5 Å². The number of hydrogen-bond acceptors (Lipinski definition) is 6. The lowest BCUT2D eigenvalue weighted by Crippen LogP contribution is -2.20. The molecule has 0 aliphatic rings. The van der Waals surface area contributed by atoms with Gasteiger partial charge in [-0.25, -0.2) is 4.98 Å². The summed E-state index contributed by atoms with van der Waals surface area (Å²) in [6.45, 7) is 6.66. The van der Waals surface area contributed by atoms with Gasteiger partial charge in [0.15, 0.2) is 17.3 Å². The van der Waals surface area contributed by atoms with Crippen LogP contribution in [0.2, 0.25) is 10.0 Å². The van der Waals surface area contributed by atoms with Gasteiger partial charge in [0.2, 0.25) is 5.82 Å². The number of ether oxygens (including phenoxy) is 2. The van der Waals surface area contributed by atoms with Crippen LogP contribution in [0.4, 0.5) is 0 Å². The Morgan fingerprint density at radius 1 is 1.08 bits per heavy atom. The molecule has 7 nitrogen and oxygen atoms in total. The van der Waals surface area contributed by atoms with Crippen molar-refractivity contribution in [1.82, 2.24) is 9.66 Å².